The van der Waals surface area contributed by atoms with E-state index in [1.807, 2.05) is 24.3 Å². The van der Waals surface area contributed by atoms with E-state index in [1.165, 1.54) is 20.3 Å². The molecule has 0 fully saturated rings. The minimum Gasteiger partial charge on any atom is -0.452 e. The van der Waals surface area contributed by atoms with Crippen LogP contribution in [0.15, 0.2) is 152 Å². The minimum atomic E-state index is -0.321. The van der Waals surface area contributed by atoms with Gasteiger partial charge in [-0.15, -0.1) is 11.3 Å². The van der Waals surface area contributed by atoms with Crippen LogP contribution in [0.2, 0.25) is 0 Å². The zero-order valence-corrected chi connectivity index (χ0v) is 29.9. The third kappa shape index (κ3) is 4.56. The number of para-hydroxylation sites is 1. The lowest BCUT2D eigenvalue weighted by Gasteiger charge is -2.37. The maximum absolute atomic E-state index is 14.2. The van der Waals surface area contributed by atoms with Crippen molar-refractivity contribution in [3.63, 3.8) is 0 Å². The molecule has 1 aliphatic heterocycles. The number of hydrogen-bond donors (Lipinski definition) is 0. The summed E-state index contributed by atoms with van der Waals surface area (Å²) in [7, 11) is 0. The number of benzene rings is 7. The molecule has 0 radical (unpaired) electrons. The van der Waals surface area contributed by atoms with Crippen LogP contribution in [0.25, 0.3) is 20.2 Å². The average molecular weight is 691 g/mol. The number of aryl methyl sites for hydroxylation is 1. The molecule has 0 bridgehead atoms. The van der Waals surface area contributed by atoms with Crippen molar-refractivity contribution in [2.75, 3.05) is 9.80 Å². The number of ether oxygens (including phenoxy) is 1. The number of carbonyl (C=O) groups is 1. The number of nitrogens with zero attached hydrogens (tertiary/aromatic N) is 2. The summed E-state index contributed by atoms with van der Waals surface area (Å²) >= 11 is 1.78. The summed E-state index contributed by atoms with van der Waals surface area (Å²) in [6, 6.07) is 52.8. The maximum atomic E-state index is 14.2. The minimum absolute atomic E-state index is 0.0585. The van der Waals surface area contributed by atoms with Crippen LogP contribution in [0, 0.1) is 6.92 Å². The molecule has 0 N–H and O–H groups in total. The Morgan fingerprint density at radius 2 is 1.33 bits per heavy atom. The Hall–Kier alpha value is -6.17. The first-order chi connectivity index (χ1) is 25.4. The second kappa shape index (κ2) is 11.4. The Morgan fingerprint density at radius 1 is 0.615 bits per heavy atom. The van der Waals surface area contributed by atoms with Gasteiger partial charge in [-0.3, -0.25) is 4.79 Å². The van der Waals surface area contributed by atoms with Crippen LogP contribution >= 0.6 is 11.3 Å². The van der Waals surface area contributed by atoms with Gasteiger partial charge in [0.15, 0.2) is 17.3 Å². The molecule has 52 heavy (non-hydrogen) atoms. The van der Waals surface area contributed by atoms with E-state index in [-0.39, 0.29) is 11.2 Å². The molecule has 250 valence electrons. The lowest BCUT2D eigenvalue weighted by Crippen LogP contribution is -2.30. The highest BCUT2D eigenvalue weighted by atomic mass is 32.1. The van der Waals surface area contributed by atoms with Gasteiger partial charge >= 0.3 is 0 Å². The summed E-state index contributed by atoms with van der Waals surface area (Å²) in [6.07, 6.45) is 0. The number of hydrogen-bond acceptors (Lipinski definition) is 5. The molecule has 0 unspecified atom stereocenters. The Balaban J connectivity index is 1.21. The van der Waals surface area contributed by atoms with E-state index < -0.39 is 0 Å². The van der Waals surface area contributed by atoms with Crippen LogP contribution in [-0.2, 0) is 5.41 Å². The van der Waals surface area contributed by atoms with E-state index in [9.17, 15) is 4.79 Å². The van der Waals surface area contributed by atoms with Crippen molar-refractivity contribution < 1.29 is 9.53 Å². The third-order valence-corrected chi connectivity index (χ3v) is 11.8. The Morgan fingerprint density at radius 3 is 2.17 bits per heavy atom. The molecule has 4 nitrogen and oxygen atoms in total. The summed E-state index contributed by atoms with van der Waals surface area (Å²) in [5, 5.41) is 2.28. The predicted octanol–water partition coefficient (Wildman–Crippen LogP) is 13.3. The lowest BCUT2D eigenvalue weighted by atomic mass is 9.68. The van der Waals surface area contributed by atoms with Gasteiger partial charge in [0.1, 0.15) is 0 Å². The van der Waals surface area contributed by atoms with Gasteiger partial charge in [-0.25, -0.2) is 0 Å². The molecule has 2 aliphatic rings. The molecule has 8 aromatic rings. The second-order valence-corrected chi connectivity index (χ2v) is 15.3. The third-order valence-electron chi connectivity index (χ3n) is 10.7. The quantitative estimate of drug-likeness (QED) is 0.184. The van der Waals surface area contributed by atoms with Crippen LogP contribution in [0.5, 0.6) is 11.5 Å². The summed E-state index contributed by atoms with van der Waals surface area (Å²) in [5.41, 5.74) is 10.4. The highest BCUT2D eigenvalue weighted by Crippen LogP contribution is 2.57. The van der Waals surface area contributed by atoms with Crippen LogP contribution in [-0.4, -0.2) is 5.78 Å². The van der Waals surface area contributed by atoms with E-state index in [4.69, 9.17) is 4.74 Å². The fraction of sp³-hybridized carbons (Fsp3) is 0.0851. The summed E-state index contributed by atoms with van der Waals surface area (Å²) in [4.78, 5) is 18.8. The van der Waals surface area contributed by atoms with E-state index >= 15 is 0 Å². The van der Waals surface area contributed by atoms with Crippen LogP contribution < -0.4 is 14.5 Å². The highest BCUT2D eigenvalue weighted by Gasteiger charge is 2.38. The van der Waals surface area contributed by atoms with Gasteiger partial charge < -0.3 is 14.5 Å². The topological polar surface area (TPSA) is 32.8 Å². The van der Waals surface area contributed by atoms with Crippen LogP contribution in [0.1, 0.15) is 46.5 Å². The average Bonchev–Trinajstić information content (AvgIpc) is 3.57. The number of ketones is 1. The lowest BCUT2D eigenvalue weighted by molar-refractivity contribution is 0.103. The van der Waals surface area contributed by atoms with Crippen LogP contribution in [0.4, 0.5) is 34.1 Å². The number of anilines is 6. The Bertz CT molecular complexity index is 2730. The van der Waals surface area contributed by atoms with Crippen molar-refractivity contribution >= 4 is 71.4 Å². The molecular weight excluding hydrogens is 657 g/mol. The molecular formula is C47H34N2O2S. The molecule has 0 saturated carbocycles. The van der Waals surface area contributed by atoms with E-state index in [0.29, 0.717) is 0 Å². The van der Waals surface area contributed by atoms with Crippen molar-refractivity contribution in [1.29, 1.82) is 0 Å². The first-order valence-corrected chi connectivity index (χ1v) is 18.5. The molecule has 0 atom stereocenters. The predicted molar refractivity (Wildman–Crippen MR) is 216 cm³/mol. The summed E-state index contributed by atoms with van der Waals surface area (Å²) in [6.45, 7) is 6.53. The fourth-order valence-corrected chi connectivity index (χ4v) is 9.22. The van der Waals surface area contributed by atoms with Crippen molar-refractivity contribution in [2.24, 2.45) is 0 Å². The standard InChI is InChI=1S/C47H34N2O2S/c1-29-17-19-31(20-18-29)48(30-11-5-4-6-12-30)33-22-25-41-40(28-33)49(39-24-26-43-44(46(39)51-41)35-14-8-10-16-42(35)52-43)32-21-23-38-36(27-32)45(50)34-13-7-9-15-37(34)47(38,2)3/h4-28H,1-3H3. The van der Waals surface area contributed by atoms with E-state index in [0.717, 1.165) is 73.3 Å². The first-order valence-electron chi connectivity index (χ1n) is 17.6. The molecule has 0 spiro atoms. The number of fused-ring (bicyclic) bond motifs is 8. The van der Waals surface area contributed by atoms with Gasteiger partial charge in [0.05, 0.1) is 11.4 Å². The molecule has 1 aliphatic carbocycles. The Labute approximate surface area is 306 Å². The van der Waals surface area contributed by atoms with E-state index in [1.54, 1.807) is 11.3 Å². The van der Waals surface area contributed by atoms with Gasteiger partial charge in [-0.1, -0.05) is 98.3 Å². The number of carbonyl (C=O) groups excluding carboxylic acids is 1. The smallest absolute Gasteiger partial charge is 0.193 e. The summed E-state index contributed by atoms with van der Waals surface area (Å²) < 4.78 is 9.36. The van der Waals surface area contributed by atoms with Crippen molar-refractivity contribution in [2.45, 2.75) is 26.2 Å². The second-order valence-electron chi connectivity index (χ2n) is 14.2. The molecule has 0 saturated heterocycles. The van der Waals surface area contributed by atoms with Crippen LogP contribution in [0.3, 0.4) is 0 Å². The molecule has 0 amide bonds. The van der Waals surface area contributed by atoms with Gasteiger partial charge in [-0.2, -0.15) is 0 Å². The largest absolute Gasteiger partial charge is 0.452 e. The van der Waals surface area contributed by atoms with Gasteiger partial charge in [-0.05, 0) is 90.8 Å². The summed E-state index contributed by atoms with van der Waals surface area (Å²) in [5.74, 6) is 1.64. The fourth-order valence-electron chi connectivity index (χ4n) is 8.12. The van der Waals surface area contributed by atoms with Gasteiger partial charge in [0, 0.05) is 59.5 Å². The molecule has 2 heterocycles. The van der Waals surface area contributed by atoms with E-state index in [2.05, 4.69) is 158 Å². The monoisotopic (exact) mass is 690 g/mol. The van der Waals surface area contributed by atoms with Crippen molar-refractivity contribution in [3.05, 3.63) is 179 Å². The highest BCUT2D eigenvalue weighted by molar-refractivity contribution is 7.25. The SMILES string of the molecule is Cc1ccc(N(c2ccccc2)c2ccc3c(c2)N(c2ccc4c(c2)C(=O)c2ccccc2C4(C)C)c2ccc4sc5ccccc5c4c2O3)cc1. The number of rotatable bonds is 4. The molecule has 5 heteroatoms. The first kappa shape index (κ1) is 30.6. The van der Waals surface area contributed by atoms with Gasteiger partial charge in [0.25, 0.3) is 0 Å². The molecule has 7 aromatic carbocycles. The molecule has 10 rings (SSSR count). The van der Waals surface area contributed by atoms with Gasteiger partial charge in [0.2, 0.25) is 0 Å². The number of thiophene rings is 1. The normalized spacial score (nSPS) is 14.0. The Kier molecular flexibility index (Phi) is 6.73. The zero-order chi connectivity index (χ0) is 35.1. The van der Waals surface area contributed by atoms with Crippen molar-refractivity contribution in [3.8, 4) is 11.5 Å². The van der Waals surface area contributed by atoms with Crippen molar-refractivity contribution in [1.82, 2.24) is 0 Å². The maximum Gasteiger partial charge on any atom is 0.193 e. The zero-order valence-electron chi connectivity index (χ0n) is 29.1. The molecule has 1 aromatic heterocycles.